The van der Waals surface area contributed by atoms with Crippen molar-refractivity contribution in [2.45, 2.75) is 32.1 Å². The molecule has 1 aromatic rings. The van der Waals surface area contributed by atoms with Crippen LogP contribution in [0.3, 0.4) is 0 Å². The van der Waals surface area contributed by atoms with Crippen molar-refractivity contribution in [1.82, 2.24) is 5.32 Å². The summed E-state index contributed by atoms with van der Waals surface area (Å²) in [6.45, 7) is 0. The number of carbonyl (C=O) groups is 1. The van der Waals surface area contributed by atoms with E-state index >= 15 is 0 Å². The Bertz CT molecular complexity index is 503. The highest BCUT2D eigenvalue weighted by molar-refractivity contribution is 5.89. The molecule has 0 unspecified atom stereocenters. The van der Waals surface area contributed by atoms with Crippen molar-refractivity contribution >= 4 is 11.7 Å². The number of urea groups is 1. The van der Waals surface area contributed by atoms with Gasteiger partial charge < -0.3 is 10.6 Å². The first kappa shape index (κ1) is 13.2. The van der Waals surface area contributed by atoms with Crippen LogP contribution in [0.15, 0.2) is 36.0 Å². The maximum atomic E-state index is 11.7. The number of nitrogens with zero attached hydrogens (tertiary/aromatic N) is 1. The maximum absolute atomic E-state index is 11.7. The lowest BCUT2D eigenvalue weighted by atomic mass is 9.96. The van der Waals surface area contributed by atoms with Crippen molar-refractivity contribution in [3.8, 4) is 6.07 Å². The van der Waals surface area contributed by atoms with E-state index in [-0.39, 0.29) is 6.03 Å². The van der Waals surface area contributed by atoms with Crippen LogP contribution in [0.5, 0.6) is 0 Å². The number of benzene rings is 1. The van der Waals surface area contributed by atoms with Gasteiger partial charge in [0.2, 0.25) is 0 Å². The molecule has 2 amide bonds. The van der Waals surface area contributed by atoms with Crippen molar-refractivity contribution in [3.05, 3.63) is 41.6 Å². The molecule has 0 aliphatic heterocycles. The monoisotopic (exact) mass is 255 g/mol. The van der Waals surface area contributed by atoms with Crippen LogP contribution in [0.1, 0.15) is 37.7 Å². The minimum absolute atomic E-state index is 0.247. The fourth-order valence-corrected chi connectivity index (χ4v) is 2.11. The quantitative estimate of drug-likeness (QED) is 0.849. The third kappa shape index (κ3) is 4.14. The zero-order valence-electron chi connectivity index (χ0n) is 10.8. The predicted octanol–water partition coefficient (Wildman–Crippen LogP) is 3.53. The Morgan fingerprint density at radius 3 is 2.47 bits per heavy atom. The van der Waals surface area contributed by atoms with Crippen LogP contribution < -0.4 is 10.6 Å². The molecular weight excluding hydrogens is 238 g/mol. The molecule has 0 radical (unpaired) electrons. The van der Waals surface area contributed by atoms with Gasteiger partial charge in [-0.25, -0.2) is 4.79 Å². The van der Waals surface area contributed by atoms with Crippen molar-refractivity contribution in [2.24, 2.45) is 0 Å². The number of nitrogens with one attached hydrogen (secondary N) is 2. The molecule has 0 saturated heterocycles. The van der Waals surface area contributed by atoms with Crippen molar-refractivity contribution < 1.29 is 4.79 Å². The highest BCUT2D eigenvalue weighted by Crippen LogP contribution is 2.21. The highest BCUT2D eigenvalue weighted by atomic mass is 16.2. The smallest absolute Gasteiger partial charge is 0.314 e. The summed E-state index contributed by atoms with van der Waals surface area (Å²) >= 11 is 0. The second-order valence-electron chi connectivity index (χ2n) is 4.65. The number of carbonyl (C=O) groups excluding carboxylic acids is 1. The highest BCUT2D eigenvalue weighted by Gasteiger charge is 2.06. The average Bonchev–Trinajstić information content (AvgIpc) is 2.47. The van der Waals surface area contributed by atoms with Gasteiger partial charge in [0.25, 0.3) is 0 Å². The largest absolute Gasteiger partial charge is 0.323 e. The summed E-state index contributed by atoms with van der Waals surface area (Å²) in [5.74, 6) is 0. The van der Waals surface area contributed by atoms with Crippen molar-refractivity contribution in [1.29, 1.82) is 5.26 Å². The first-order chi connectivity index (χ1) is 9.28. The Kier molecular flexibility index (Phi) is 4.57. The molecule has 1 saturated carbocycles. The van der Waals surface area contributed by atoms with Crippen LogP contribution >= 0.6 is 0 Å². The van der Waals surface area contributed by atoms with Gasteiger partial charge in [0.15, 0.2) is 0 Å². The summed E-state index contributed by atoms with van der Waals surface area (Å²) in [7, 11) is 0. The maximum Gasteiger partial charge on any atom is 0.323 e. The Labute approximate surface area is 113 Å². The second-order valence-corrected chi connectivity index (χ2v) is 4.65. The van der Waals surface area contributed by atoms with Crippen LogP contribution in [0.4, 0.5) is 10.5 Å². The molecule has 0 spiro atoms. The van der Waals surface area contributed by atoms with E-state index in [9.17, 15) is 4.79 Å². The van der Waals surface area contributed by atoms with Gasteiger partial charge in [0.05, 0.1) is 11.6 Å². The van der Waals surface area contributed by atoms with E-state index in [0.29, 0.717) is 11.3 Å². The van der Waals surface area contributed by atoms with E-state index in [4.69, 9.17) is 5.26 Å². The molecule has 1 aliphatic rings. The number of hydrogen-bond acceptors (Lipinski definition) is 2. The van der Waals surface area contributed by atoms with Gasteiger partial charge in [-0.15, -0.1) is 0 Å². The number of hydrogen-bond donors (Lipinski definition) is 2. The van der Waals surface area contributed by atoms with Crippen molar-refractivity contribution in [2.75, 3.05) is 5.32 Å². The topological polar surface area (TPSA) is 64.9 Å². The lowest BCUT2D eigenvalue weighted by Gasteiger charge is -2.13. The molecule has 4 heteroatoms. The van der Waals surface area contributed by atoms with E-state index in [1.165, 1.54) is 24.8 Å². The third-order valence-corrected chi connectivity index (χ3v) is 3.18. The van der Waals surface area contributed by atoms with Gasteiger partial charge in [-0.05, 0) is 49.9 Å². The molecule has 0 heterocycles. The molecule has 1 aromatic carbocycles. The zero-order chi connectivity index (χ0) is 13.5. The van der Waals surface area contributed by atoms with Crippen LogP contribution in [0, 0.1) is 11.3 Å². The molecule has 2 rings (SSSR count). The number of rotatable bonds is 2. The van der Waals surface area contributed by atoms with Crippen molar-refractivity contribution in [3.63, 3.8) is 0 Å². The standard InChI is InChI=1S/C15H17N3O/c16-10-12-6-8-14(9-7-12)18-15(19)17-11-13-4-2-1-3-5-13/h6-9,11H,1-5H2,(H2,17,18,19). The van der Waals surface area contributed by atoms with E-state index < -0.39 is 0 Å². The minimum atomic E-state index is -0.247. The minimum Gasteiger partial charge on any atom is -0.314 e. The lowest BCUT2D eigenvalue weighted by molar-refractivity contribution is 0.255. The summed E-state index contributed by atoms with van der Waals surface area (Å²) in [6.07, 6.45) is 7.69. The molecular formula is C15H17N3O. The molecule has 0 aromatic heterocycles. The van der Waals surface area contributed by atoms with Crippen LogP contribution in [-0.4, -0.2) is 6.03 Å². The second kappa shape index (κ2) is 6.60. The van der Waals surface area contributed by atoms with E-state index in [1.807, 2.05) is 12.3 Å². The molecule has 0 atom stereocenters. The molecule has 1 aliphatic carbocycles. The van der Waals surface area contributed by atoms with Crippen LogP contribution in [0.2, 0.25) is 0 Å². The van der Waals surface area contributed by atoms with E-state index in [2.05, 4.69) is 10.6 Å². The molecule has 19 heavy (non-hydrogen) atoms. The Morgan fingerprint density at radius 2 is 1.84 bits per heavy atom. The van der Waals surface area contributed by atoms with Gasteiger partial charge in [0, 0.05) is 11.9 Å². The first-order valence-electron chi connectivity index (χ1n) is 6.53. The Morgan fingerprint density at radius 1 is 1.16 bits per heavy atom. The van der Waals surface area contributed by atoms with Crippen LogP contribution in [-0.2, 0) is 0 Å². The molecule has 98 valence electrons. The number of allylic oxidation sites excluding steroid dienone is 1. The molecule has 4 nitrogen and oxygen atoms in total. The third-order valence-electron chi connectivity index (χ3n) is 3.18. The van der Waals surface area contributed by atoms with Gasteiger partial charge in [-0.2, -0.15) is 5.26 Å². The first-order valence-corrected chi connectivity index (χ1v) is 6.53. The SMILES string of the molecule is N#Cc1ccc(NC(=O)NC=C2CCCCC2)cc1. The number of amides is 2. The summed E-state index contributed by atoms with van der Waals surface area (Å²) < 4.78 is 0. The van der Waals surface area contributed by atoms with Gasteiger partial charge in [-0.1, -0.05) is 12.0 Å². The Hall–Kier alpha value is -2.28. The van der Waals surface area contributed by atoms with E-state index in [0.717, 1.165) is 12.8 Å². The molecule has 0 bridgehead atoms. The fourth-order valence-electron chi connectivity index (χ4n) is 2.11. The van der Waals surface area contributed by atoms with Gasteiger partial charge >= 0.3 is 6.03 Å². The van der Waals surface area contributed by atoms with Gasteiger partial charge in [-0.3, -0.25) is 0 Å². The Balaban J connectivity index is 1.85. The van der Waals surface area contributed by atoms with E-state index in [1.54, 1.807) is 24.3 Å². The van der Waals surface area contributed by atoms with Crippen LogP contribution in [0.25, 0.3) is 0 Å². The molecule has 1 fully saturated rings. The number of nitriles is 1. The normalized spacial score (nSPS) is 14.4. The molecule has 2 N–H and O–H groups in total. The summed E-state index contributed by atoms with van der Waals surface area (Å²) in [5.41, 5.74) is 2.56. The summed E-state index contributed by atoms with van der Waals surface area (Å²) in [5, 5.41) is 14.2. The number of anilines is 1. The lowest BCUT2D eigenvalue weighted by Crippen LogP contribution is -2.24. The zero-order valence-corrected chi connectivity index (χ0v) is 10.8. The summed E-state index contributed by atoms with van der Waals surface area (Å²) in [6, 6.07) is 8.57. The summed E-state index contributed by atoms with van der Waals surface area (Å²) in [4.78, 5) is 11.7. The predicted molar refractivity (Wildman–Crippen MR) is 74.5 cm³/mol. The average molecular weight is 255 g/mol. The van der Waals surface area contributed by atoms with Gasteiger partial charge in [0.1, 0.15) is 0 Å². The fraction of sp³-hybridized carbons (Fsp3) is 0.333.